The largest absolute Gasteiger partial charge is 0.325 e. The Morgan fingerprint density at radius 2 is 1.89 bits per heavy atom. The first kappa shape index (κ1) is 19.7. The predicted molar refractivity (Wildman–Crippen MR) is 110 cm³/mol. The Hall–Kier alpha value is -2.10. The van der Waals surface area contributed by atoms with Gasteiger partial charge < -0.3 is 4.90 Å². The molecule has 3 rings (SSSR count). The van der Waals surface area contributed by atoms with Gasteiger partial charge in [0, 0.05) is 35.2 Å². The summed E-state index contributed by atoms with van der Waals surface area (Å²) in [5, 5.41) is 1.11. The van der Waals surface area contributed by atoms with E-state index in [0.717, 1.165) is 18.4 Å². The molecule has 1 atom stereocenters. The highest BCUT2D eigenvalue weighted by Crippen LogP contribution is 2.42. The van der Waals surface area contributed by atoms with Gasteiger partial charge in [-0.05, 0) is 49.1 Å². The van der Waals surface area contributed by atoms with Gasteiger partial charge in [0.1, 0.15) is 5.54 Å². The molecule has 140 valence electrons. The van der Waals surface area contributed by atoms with E-state index < -0.39 is 5.54 Å². The van der Waals surface area contributed by atoms with Crippen LogP contribution in [0.4, 0.5) is 0 Å². The number of ketones is 1. The zero-order valence-electron chi connectivity index (χ0n) is 15.1. The highest BCUT2D eigenvalue weighted by Gasteiger charge is 2.47. The predicted octanol–water partition coefficient (Wildman–Crippen LogP) is 5.50. The van der Waals surface area contributed by atoms with Crippen LogP contribution in [-0.2, 0) is 15.1 Å². The maximum absolute atomic E-state index is 13.0. The molecule has 0 aromatic heterocycles. The van der Waals surface area contributed by atoms with Crippen LogP contribution in [-0.4, -0.2) is 23.6 Å². The number of amides is 1. The summed E-state index contributed by atoms with van der Waals surface area (Å²) in [6.45, 7) is 0. The van der Waals surface area contributed by atoms with Crippen molar-refractivity contribution in [3.63, 3.8) is 0 Å². The van der Waals surface area contributed by atoms with E-state index in [9.17, 15) is 9.59 Å². The molecule has 0 aliphatic heterocycles. The summed E-state index contributed by atoms with van der Waals surface area (Å²) in [5.74, 6) is -0.209. The van der Waals surface area contributed by atoms with Gasteiger partial charge in [-0.3, -0.25) is 9.59 Å². The van der Waals surface area contributed by atoms with E-state index in [1.54, 1.807) is 31.3 Å². The summed E-state index contributed by atoms with van der Waals surface area (Å²) >= 11 is 12.4. The fourth-order valence-corrected chi connectivity index (χ4v) is 4.20. The third-order valence-corrected chi connectivity index (χ3v) is 5.71. The minimum Gasteiger partial charge on any atom is -0.325 e. The fraction of sp³-hybridized carbons (Fsp3) is 0.273. The molecule has 0 heterocycles. The number of carbonyl (C=O) groups is 2. The summed E-state index contributed by atoms with van der Waals surface area (Å²) in [7, 11) is 1.68. The van der Waals surface area contributed by atoms with Crippen molar-refractivity contribution in [1.82, 2.24) is 4.90 Å². The highest BCUT2D eigenvalue weighted by molar-refractivity contribution is 6.32. The zero-order chi connectivity index (χ0) is 19.4. The van der Waals surface area contributed by atoms with Gasteiger partial charge in [0.15, 0.2) is 5.78 Å². The molecule has 3 nitrogen and oxygen atoms in total. The number of nitrogens with zero attached hydrogens (tertiary/aromatic N) is 1. The van der Waals surface area contributed by atoms with Crippen molar-refractivity contribution in [3.05, 3.63) is 75.8 Å². The first-order valence-electron chi connectivity index (χ1n) is 8.95. The molecular weight excluding hydrogens is 381 g/mol. The van der Waals surface area contributed by atoms with Crippen molar-refractivity contribution in [1.29, 1.82) is 0 Å². The van der Waals surface area contributed by atoms with E-state index in [-0.39, 0.29) is 11.7 Å². The van der Waals surface area contributed by atoms with E-state index in [1.807, 2.05) is 30.3 Å². The van der Waals surface area contributed by atoms with Crippen LogP contribution in [0.25, 0.3) is 6.08 Å². The van der Waals surface area contributed by atoms with Gasteiger partial charge in [-0.15, -0.1) is 0 Å². The fourth-order valence-electron chi connectivity index (χ4n) is 3.71. The van der Waals surface area contributed by atoms with Crippen LogP contribution >= 0.6 is 23.2 Å². The van der Waals surface area contributed by atoms with Crippen molar-refractivity contribution in [2.75, 3.05) is 7.05 Å². The lowest BCUT2D eigenvalue weighted by atomic mass is 9.74. The lowest BCUT2D eigenvalue weighted by Crippen LogP contribution is -2.53. The number of hydrogen-bond acceptors (Lipinski definition) is 2. The number of benzene rings is 2. The number of carbonyl (C=O) groups excluding carboxylic acids is 2. The SMILES string of the molecule is CN(C(=O)/C=C/c1cccc(Cl)c1)[C@@]1(c2ccccc2Cl)CCCCC1=O. The number of likely N-dealkylation sites (N-methyl/N-ethyl adjacent to an activating group) is 1. The molecule has 1 aliphatic rings. The van der Waals surface area contributed by atoms with Crippen LogP contribution in [0.1, 0.15) is 36.8 Å². The Balaban J connectivity index is 1.96. The maximum Gasteiger partial charge on any atom is 0.247 e. The quantitative estimate of drug-likeness (QED) is 0.633. The molecule has 0 bridgehead atoms. The highest BCUT2D eigenvalue weighted by atomic mass is 35.5. The minimum atomic E-state index is -1.02. The van der Waals surface area contributed by atoms with Gasteiger partial charge in [-0.25, -0.2) is 0 Å². The van der Waals surface area contributed by atoms with Crippen molar-refractivity contribution in [2.24, 2.45) is 0 Å². The summed E-state index contributed by atoms with van der Waals surface area (Å²) < 4.78 is 0. The van der Waals surface area contributed by atoms with E-state index in [4.69, 9.17) is 23.2 Å². The molecule has 27 heavy (non-hydrogen) atoms. The Morgan fingerprint density at radius 1 is 1.11 bits per heavy atom. The summed E-state index contributed by atoms with van der Waals surface area (Å²) in [5.41, 5.74) is 0.501. The van der Waals surface area contributed by atoms with Crippen LogP contribution in [0.3, 0.4) is 0 Å². The molecule has 1 amide bonds. The van der Waals surface area contributed by atoms with Crippen molar-refractivity contribution in [2.45, 2.75) is 31.2 Å². The second-order valence-electron chi connectivity index (χ2n) is 6.76. The van der Waals surface area contributed by atoms with E-state index >= 15 is 0 Å². The van der Waals surface area contributed by atoms with Crippen LogP contribution < -0.4 is 0 Å². The number of halogens is 2. The van der Waals surface area contributed by atoms with Crippen molar-refractivity contribution < 1.29 is 9.59 Å². The molecule has 1 fully saturated rings. The summed E-state index contributed by atoms with van der Waals surface area (Å²) in [4.78, 5) is 27.5. The molecule has 1 saturated carbocycles. The molecule has 0 spiro atoms. The van der Waals surface area contributed by atoms with Crippen LogP contribution in [0.2, 0.25) is 10.0 Å². The summed E-state index contributed by atoms with van der Waals surface area (Å²) in [6, 6.07) is 14.5. The lowest BCUT2D eigenvalue weighted by molar-refractivity contribution is -0.144. The second-order valence-corrected chi connectivity index (χ2v) is 7.60. The van der Waals surface area contributed by atoms with Crippen LogP contribution in [0.5, 0.6) is 0 Å². The number of rotatable bonds is 4. The molecule has 1 aliphatic carbocycles. The third kappa shape index (κ3) is 3.95. The van der Waals surface area contributed by atoms with Gasteiger partial charge in [0.25, 0.3) is 0 Å². The van der Waals surface area contributed by atoms with E-state index in [2.05, 4.69) is 0 Å². The first-order valence-corrected chi connectivity index (χ1v) is 9.70. The van der Waals surface area contributed by atoms with E-state index in [0.29, 0.717) is 28.5 Å². The zero-order valence-corrected chi connectivity index (χ0v) is 16.6. The van der Waals surface area contributed by atoms with Crippen LogP contribution in [0, 0.1) is 0 Å². The molecule has 2 aromatic rings. The normalized spacial score (nSPS) is 20.0. The Labute approximate surface area is 169 Å². The van der Waals surface area contributed by atoms with Gasteiger partial charge >= 0.3 is 0 Å². The van der Waals surface area contributed by atoms with Crippen molar-refractivity contribution >= 4 is 41.0 Å². The minimum absolute atomic E-state index is 0.0360. The summed E-state index contributed by atoms with van der Waals surface area (Å²) in [6.07, 6.45) is 5.91. The third-order valence-electron chi connectivity index (χ3n) is 5.14. The molecular formula is C22H21Cl2NO2. The Bertz CT molecular complexity index is 893. The van der Waals surface area contributed by atoms with Gasteiger partial charge in [-0.2, -0.15) is 0 Å². The Kier molecular flexibility index (Phi) is 6.03. The van der Waals surface area contributed by atoms with Crippen LogP contribution in [0.15, 0.2) is 54.6 Å². The Morgan fingerprint density at radius 3 is 2.59 bits per heavy atom. The molecule has 0 unspecified atom stereocenters. The van der Waals surface area contributed by atoms with Gasteiger partial charge in [0.05, 0.1) is 0 Å². The monoisotopic (exact) mass is 401 g/mol. The maximum atomic E-state index is 13.0. The molecule has 0 saturated heterocycles. The van der Waals surface area contributed by atoms with Gasteiger partial charge in [0.2, 0.25) is 5.91 Å². The standard InChI is InChI=1S/C22H21Cl2NO2/c1-25(21(27)13-12-16-7-6-8-17(23)15-16)22(14-5-4-11-20(22)26)18-9-2-3-10-19(18)24/h2-3,6-10,12-13,15H,4-5,11,14H2,1H3/b13-12+/t22-/m1/s1. The number of hydrogen-bond donors (Lipinski definition) is 0. The van der Waals surface area contributed by atoms with Gasteiger partial charge in [-0.1, -0.05) is 53.5 Å². The molecule has 5 heteroatoms. The second kappa shape index (κ2) is 8.28. The topological polar surface area (TPSA) is 37.4 Å². The molecule has 2 aromatic carbocycles. The first-order chi connectivity index (χ1) is 12.9. The van der Waals surface area contributed by atoms with Crippen molar-refractivity contribution in [3.8, 4) is 0 Å². The number of Topliss-reactive ketones (excluding diaryl/α,β-unsaturated/α-hetero) is 1. The molecule has 0 radical (unpaired) electrons. The average Bonchev–Trinajstić information content (AvgIpc) is 2.67. The average molecular weight is 402 g/mol. The molecule has 0 N–H and O–H groups in total. The lowest BCUT2D eigenvalue weighted by Gasteiger charge is -2.43. The smallest absolute Gasteiger partial charge is 0.247 e. The van der Waals surface area contributed by atoms with E-state index in [1.165, 1.54) is 11.0 Å².